The lowest BCUT2D eigenvalue weighted by Gasteiger charge is -2.19. The van der Waals surface area contributed by atoms with Gasteiger partial charge in [-0.2, -0.15) is 22.0 Å². The van der Waals surface area contributed by atoms with Crippen molar-refractivity contribution in [3.63, 3.8) is 0 Å². The minimum atomic E-state index is -5.75. The zero-order valence-corrected chi connectivity index (χ0v) is 15.0. The molecule has 0 spiro atoms. The van der Waals surface area contributed by atoms with E-state index < -0.39 is 34.4 Å². The van der Waals surface area contributed by atoms with E-state index in [1.54, 1.807) is 0 Å². The Balaban J connectivity index is 2.34. The molecule has 0 fully saturated rings. The molecule has 0 atom stereocenters. The van der Waals surface area contributed by atoms with Gasteiger partial charge in [-0.25, -0.2) is 13.4 Å². The number of halogens is 5. The highest BCUT2D eigenvalue weighted by Crippen LogP contribution is 2.35. The Hall–Kier alpha value is -2.37. The minimum Gasteiger partial charge on any atom is -0.470 e. The molecule has 0 radical (unpaired) electrons. The summed E-state index contributed by atoms with van der Waals surface area (Å²) in [6.45, 7) is 0.973. The fraction of sp³-hybridized carbons (Fsp3) is 0.400. The van der Waals surface area contributed by atoms with E-state index in [2.05, 4.69) is 19.9 Å². The highest BCUT2D eigenvalue weighted by Gasteiger charge is 2.58. The van der Waals surface area contributed by atoms with Gasteiger partial charge in [-0.3, -0.25) is 0 Å². The maximum Gasteiger partial charge on any atom is 0.456 e. The summed E-state index contributed by atoms with van der Waals surface area (Å²) >= 11 is 0. The number of rotatable bonds is 6. The van der Waals surface area contributed by atoms with Gasteiger partial charge < -0.3 is 4.74 Å². The third-order valence-electron chi connectivity index (χ3n) is 3.55. The number of aromatic nitrogens is 3. The maximum absolute atomic E-state index is 12.9. The molecule has 0 unspecified atom stereocenters. The Kier molecular flexibility index (Phi) is 5.68. The van der Waals surface area contributed by atoms with Gasteiger partial charge in [-0.05, 0) is 18.6 Å². The molecule has 0 bridgehead atoms. The van der Waals surface area contributed by atoms with E-state index >= 15 is 0 Å². The molecule has 27 heavy (non-hydrogen) atoms. The number of sulfone groups is 1. The second-order valence-electron chi connectivity index (χ2n) is 5.52. The molecule has 0 aromatic carbocycles. The van der Waals surface area contributed by atoms with E-state index in [9.17, 15) is 30.4 Å². The maximum atomic E-state index is 12.9. The molecule has 148 valence electrons. The molecule has 6 nitrogen and oxygen atoms in total. The van der Waals surface area contributed by atoms with Gasteiger partial charge in [0, 0.05) is 12.1 Å². The molecule has 2 heterocycles. The van der Waals surface area contributed by atoms with Crippen molar-refractivity contribution in [1.82, 2.24) is 10.2 Å². The second kappa shape index (κ2) is 7.33. The van der Waals surface area contributed by atoms with Crippen molar-refractivity contribution in [2.24, 2.45) is 0 Å². The molecular formula is C15H15F5N3O3S+. The van der Waals surface area contributed by atoms with Crippen LogP contribution in [0.1, 0.15) is 12.5 Å². The number of nitrogens with one attached hydrogen (secondary N) is 1. The molecule has 12 heteroatoms. The highest BCUT2D eigenvalue weighted by atomic mass is 32.2. The van der Waals surface area contributed by atoms with Crippen LogP contribution in [0.15, 0.2) is 29.3 Å². The molecule has 2 aromatic rings. The number of H-pyrrole nitrogens is 1. The van der Waals surface area contributed by atoms with E-state index in [1.165, 1.54) is 32.2 Å². The Morgan fingerprint density at radius 3 is 2.41 bits per heavy atom. The predicted molar refractivity (Wildman–Crippen MR) is 83.0 cm³/mol. The van der Waals surface area contributed by atoms with Gasteiger partial charge in [0.1, 0.15) is 4.90 Å². The Morgan fingerprint density at radius 1 is 1.19 bits per heavy atom. The van der Waals surface area contributed by atoms with Crippen LogP contribution < -0.4 is 9.72 Å². The summed E-state index contributed by atoms with van der Waals surface area (Å²) in [5, 5.41) is 7.19. The van der Waals surface area contributed by atoms with Crippen LogP contribution in [-0.4, -0.2) is 43.1 Å². The van der Waals surface area contributed by atoms with Crippen molar-refractivity contribution in [3.05, 3.63) is 30.0 Å². The smallest absolute Gasteiger partial charge is 0.456 e. The summed E-state index contributed by atoms with van der Waals surface area (Å²) < 4.78 is 91.1. The number of aryl methyl sites for hydroxylation is 1. The largest absolute Gasteiger partial charge is 0.470 e. The normalized spacial score (nSPS) is 12.9. The van der Waals surface area contributed by atoms with Crippen LogP contribution in [0.3, 0.4) is 0 Å². The van der Waals surface area contributed by atoms with Crippen molar-refractivity contribution < 1.29 is 40.1 Å². The lowest BCUT2D eigenvalue weighted by atomic mass is 10.1. The average molecular weight is 412 g/mol. The fourth-order valence-corrected chi connectivity index (χ4v) is 3.11. The zero-order valence-electron chi connectivity index (χ0n) is 14.1. The molecule has 2 aromatic heterocycles. The van der Waals surface area contributed by atoms with Crippen LogP contribution in [0.5, 0.6) is 5.88 Å². The summed E-state index contributed by atoms with van der Waals surface area (Å²) in [5.41, 5.74) is 0.486. The third-order valence-corrected chi connectivity index (χ3v) is 5.32. The van der Waals surface area contributed by atoms with Crippen molar-refractivity contribution >= 4 is 9.84 Å². The molecule has 0 saturated carbocycles. The van der Waals surface area contributed by atoms with Gasteiger partial charge in [-0.15, -0.1) is 10.2 Å². The Bertz CT molecular complexity index is 933. The van der Waals surface area contributed by atoms with Crippen LogP contribution in [0, 0.1) is 6.92 Å². The summed E-state index contributed by atoms with van der Waals surface area (Å²) in [7, 11) is -3.60. The van der Waals surface area contributed by atoms with Crippen LogP contribution in [-0.2, 0) is 9.84 Å². The summed E-state index contributed by atoms with van der Waals surface area (Å²) in [6, 6.07) is 3.93. The first-order chi connectivity index (χ1) is 12.4. The molecule has 0 aliphatic carbocycles. The average Bonchev–Trinajstić information content (AvgIpc) is 2.59. The minimum absolute atomic E-state index is 0.0397. The first kappa shape index (κ1) is 20.9. The van der Waals surface area contributed by atoms with Crippen molar-refractivity contribution in [1.29, 1.82) is 0 Å². The van der Waals surface area contributed by atoms with Crippen LogP contribution in [0.4, 0.5) is 22.0 Å². The molecule has 1 N–H and O–H groups in total. The van der Waals surface area contributed by atoms with Gasteiger partial charge in [0.05, 0.1) is 5.75 Å². The van der Waals surface area contributed by atoms with E-state index in [0.29, 0.717) is 0 Å². The Labute approximate surface area is 151 Å². The van der Waals surface area contributed by atoms with Crippen LogP contribution >= 0.6 is 0 Å². The number of hydrogen-bond donors (Lipinski definition) is 0. The number of nitrogens with zero attached hydrogens (tertiary/aromatic N) is 2. The number of alkyl halides is 5. The number of aromatic amines is 1. The van der Waals surface area contributed by atoms with E-state index in [4.69, 9.17) is 0 Å². The number of hydrogen-bond acceptors (Lipinski definition) is 5. The van der Waals surface area contributed by atoms with Crippen molar-refractivity contribution in [3.8, 4) is 17.3 Å². The first-order valence-corrected chi connectivity index (χ1v) is 9.20. The van der Waals surface area contributed by atoms with Crippen LogP contribution in [0.2, 0.25) is 0 Å². The molecule has 0 saturated heterocycles. The van der Waals surface area contributed by atoms with Crippen molar-refractivity contribution in [2.75, 3.05) is 12.4 Å². The predicted octanol–water partition coefficient (Wildman–Crippen LogP) is 2.64. The van der Waals surface area contributed by atoms with Crippen LogP contribution in [0.25, 0.3) is 11.4 Å². The fourth-order valence-electron chi connectivity index (χ4n) is 2.05. The van der Waals surface area contributed by atoms with Gasteiger partial charge >= 0.3 is 12.1 Å². The second-order valence-corrected chi connectivity index (χ2v) is 7.76. The SMILES string of the molecule is CCS(=O)(=O)c1ccc[nH+]c1-c1nnc(OCC(F)(F)C(F)(F)F)cc1C. The lowest BCUT2D eigenvalue weighted by Crippen LogP contribution is -2.41. The van der Waals surface area contributed by atoms with Gasteiger partial charge in [0.25, 0.3) is 0 Å². The molecular weight excluding hydrogens is 397 g/mol. The Morgan fingerprint density at radius 2 is 1.85 bits per heavy atom. The van der Waals surface area contributed by atoms with E-state index in [1.807, 2.05) is 0 Å². The molecule has 2 rings (SSSR count). The monoisotopic (exact) mass is 412 g/mol. The molecule has 0 aliphatic heterocycles. The first-order valence-electron chi connectivity index (χ1n) is 7.54. The molecule has 0 aliphatic rings. The number of ether oxygens (including phenoxy) is 1. The third kappa shape index (κ3) is 4.49. The van der Waals surface area contributed by atoms with Gasteiger partial charge in [-0.1, -0.05) is 6.92 Å². The quantitative estimate of drug-likeness (QED) is 0.682. The summed E-state index contributed by atoms with van der Waals surface area (Å²) in [6.07, 6.45) is -4.29. The topological polar surface area (TPSA) is 83.3 Å². The van der Waals surface area contributed by atoms with Crippen molar-refractivity contribution in [2.45, 2.75) is 30.8 Å². The summed E-state index contributed by atoms with van der Waals surface area (Å²) in [4.78, 5) is 2.70. The zero-order chi connectivity index (χ0) is 20.5. The number of pyridine rings is 1. The summed E-state index contributed by atoms with van der Waals surface area (Å²) in [5.74, 6) is -5.76. The standard InChI is InChI=1S/C15H14F5N3O3S/c1-3-27(24,25)10-5-4-6-21-13(10)12-9(2)7-11(22-23-12)26-8-14(16,17)15(18,19)20/h4-7H,3,8H2,1-2H3/p+1. The van der Waals surface area contributed by atoms with E-state index in [-0.39, 0.29) is 27.6 Å². The molecule has 0 amide bonds. The lowest BCUT2D eigenvalue weighted by molar-refractivity contribution is -0.367. The van der Waals surface area contributed by atoms with Gasteiger partial charge in [0.2, 0.25) is 11.6 Å². The van der Waals surface area contributed by atoms with E-state index in [0.717, 1.165) is 6.07 Å². The highest BCUT2D eigenvalue weighted by molar-refractivity contribution is 7.91. The van der Waals surface area contributed by atoms with Gasteiger partial charge in [0.15, 0.2) is 28.3 Å².